The van der Waals surface area contributed by atoms with Crippen molar-refractivity contribution in [1.29, 1.82) is 5.26 Å². The van der Waals surface area contributed by atoms with Crippen LogP contribution in [0.4, 0.5) is 4.39 Å². The first kappa shape index (κ1) is 14.2. The fourth-order valence-corrected chi connectivity index (χ4v) is 3.04. The molecule has 2 aromatic heterocycles. The number of aromatic nitrogens is 1. The topological polar surface area (TPSA) is 36.7 Å². The Morgan fingerprint density at radius 1 is 1.09 bits per heavy atom. The number of pyridine rings is 1. The van der Waals surface area contributed by atoms with Crippen LogP contribution in [0.2, 0.25) is 0 Å². The minimum absolute atomic E-state index is 0.245. The van der Waals surface area contributed by atoms with Crippen molar-refractivity contribution < 1.29 is 4.39 Å². The number of allylic oxidation sites excluding steroid dienone is 1. The van der Waals surface area contributed by atoms with Crippen LogP contribution in [0.1, 0.15) is 10.6 Å². The predicted molar refractivity (Wildman–Crippen MR) is 87.4 cm³/mol. The van der Waals surface area contributed by atoms with E-state index in [1.165, 1.54) is 17.4 Å². The molecule has 3 rings (SSSR count). The lowest BCUT2D eigenvalue weighted by Gasteiger charge is -1.98. The smallest absolute Gasteiger partial charge is 0.131 e. The second kappa shape index (κ2) is 6.33. The van der Waals surface area contributed by atoms with E-state index in [2.05, 4.69) is 11.1 Å². The number of thiophene rings is 1. The third-order valence-electron chi connectivity index (χ3n) is 3.11. The highest BCUT2D eigenvalue weighted by atomic mass is 32.1. The van der Waals surface area contributed by atoms with Crippen molar-refractivity contribution in [3.05, 3.63) is 77.2 Å². The van der Waals surface area contributed by atoms with Crippen LogP contribution >= 0.6 is 11.3 Å². The molecule has 0 aliphatic rings. The molecule has 106 valence electrons. The van der Waals surface area contributed by atoms with Crippen molar-refractivity contribution in [2.24, 2.45) is 0 Å². The third kappa shape index (κ3) is 2.95. The Labute approximate surface area is 131 Å². The molecule has 0 atom stereocenters. The Kier molecular flexibility index (Phi) is 4.08. The van der Waals surface area contributed by atoms with Gasteiger partial charge in [0.2, 0.25) is 0 Å². The van der Waals surface area contributed by atoms with E-state index >= 15 is 0 Å². The summed E-state index contributed by atoms with van der Waals surface area (Å²) < 4.78 is 13.8. The summed E-state index contributed by atoms with van der Waals surface area (Å²) in [4.78, 5) is 5.90. The lowest BCUT2D eigenvalue weighted by Crippen LogP contribution is -1.84. The van der Waals surface area contributed by atoms with Crippen LogP contribution in [0.3, 0.4) is 0 Å². The second-order valence-corrected chi connectivity index (χ2v) is 5.68. The molecule has 0 radical (unpaired) electrons. The van der Waals surface area contributed by atoms with E-state index in [0.717, 1.165) is 9.75 Å². The lowest BCUT2D eigenvalue weighted by atomic mass is 10.1. The van der Waals surface area contributed by atoms with Crippen molar-refractivity contribution in [3.8, 4) is 16.5 Å². The SMILES string of the molecule is N#CC(=Cc1ccc(-c2ccccc2F)s1)c1ccccn1. The predicted octanol–water partition coefficient (Wildman–Crippen LogP) is 5.01. The number of hydrogen-bond acceptors (Lipinski definition) is 3. The average Bonchev–Trinajstić information content (AvgIpc) is 3.02. The van der Waals surface area contributed by atoms with Gasteiger partial charge < -0.3 is 0 Å². The van der Waals surface area contributed by atoms with E-state index in [-0.39, 0.29) is 5.82 Å². The Hall–Kier alpha value is -2.77. The van der Waals surface area contributed by atoms with E-state index in [1.807, 2.05) is 24.3 Å². The van der Waals surface area contributed by atoms with Gasteiger partial charge in [0.05, 0.1) is 11.3 Å². The Morgan fingerprint density at radius 3 is 2.64 bits per heavy atom. The number of rotatable bonds is 3. The van der Waals surface area contributed by atoms with E-state index in [1.54, 1.807) is 36.5 Å². The summed E-state index contributed by atoms with van der Waals surface area (Å²) in [6.07, 6.45) is 3.43. The molecule has 0 fully saturated rings. The van der Waals surface area contributed by atoms with Crippen LogP contribution in [0, 0.1) is 17.1 Å². The van der Waals surface area contributed by atoms with E-state index < -0.39 is 0 Å². The summed E-state index contributed by atoms with van der Waals surface area (Å²) >= 11 is 1.44. The van der Waals surface area contributed by atoms with Gasteiger partial charge >= 0.3 is 0 Å². The van der Waals surface area contributed by atoms with Crippen molar-refractivity contribution in [2.75, 3.05) is 0 Å². The molecular weight excluding hydrogens is 295 g/mol. The van der Waals surface area contributed by atoms with Gasteiger partial charge in [-0.2, -0.15) is 5.26 Å². The molecule has 0 saturated heterocycles. The minimum Gasteiger partial charge on any atom is -0.256 e. The molecule has 3 aromatic rings. The first-order valence-corrected chi connectivity index (χ1v) is 7.47. The Balaban J connectivity index is 1.96. The fraction of sp³-hybridized carbons (Fsp3) is 0. The molecule has 0 aliphatic carbocycles. The van der Waals surface area contributed by atoms with Crippen molar-refractivity contribution >= 4 is 23.0 Å². The van der Waals surface area contributed by atoms with Gasteiger partial charge in [-0.25, -0.2) is 4.39 Å². The highest BCUT2D eigenvalue weighted by molar-refractivity contribution is 7.16. The summed E-state index contributed by atoms with van der Waals surface area (Å²) in [5.41, 5.74) is 1.69. The summed E-state index contributed by atoms with van der Waals surface area (Å²) in [5, 5.41) is 9.30. The summed E-state index contributed by atoms with van der Waals surface area (Å²) in [5.74, 6) is -0.245. The fourth-order valence-electron chi connectivity index (χ4n) is 2.06. The van der Waals surface area contributed by atoms with Crippen LogP contribution in [0.15, 0.2) is 60.8 Å². The quantitative estimate of drug-likeness (QED) is 0.637. The third-order valence-corrected chi connectivity index (χ3v) is 4.18. The Morgan fingerprint density at radius 2 is 1.91 bits per heavy atom. The van der Waals surface area contributed by atoms with Gasteiger partial charge in [0.1, 0.15) is 11.9 Å². The van der Waals surface area contributed by atoms with E-state index in [9.17, 15) is 9.65 Å². The lowest BCUT2D eigenvalue weighted by molar-refractivity contribution is 0.631. The largest absolute Gasteiger partial charge is 0.256 e. The molecular formula is C18H11FN2S. The standard InChI is InChI=1S/C18H11FN2S/c19-16-6-2-1-5-15(16)18-9-8-14(22-18)11-13(12-20)17-7-3-4-10-21-17/h1-11H. The zero-order valence-corrected chi connectivity index (χ0v) is 12.3. The molecule has 1 aromatic carbocycles. The normalized spacial score (nSPS) is 11.2. The highest BCUT2D eigenvalue weighted by Crippen LogP contribution is 2.31. The van der Waals surface area contributed by atoms with Gasteiger partial charge in [0.15, 0.2) is 0 Å². The molecule has 0 amide bonds. The number of benzene rings is 1. The molecule has 4 heteroatoms. The summed E-state index contributed by atoms with van der Waals surface area (Å²) in [7, 11) is 0. The molecule has 2 heterocycles. The molecule has 0 aliphatic heterocycles. The molecule has 0 bridgehead atoms. The number of hydrogen-bond donors (Lipinski definition) is 0. The van der Waals surface area contributed by atoms with Crippen molar-refractivity contribution in [2.45, 2.75) is 0 Å². The van der Waals surface area contributed by atoms with Crippen molar-refractivity contribution in [3.63, 3.8) is 0 Å². The average molecular weight is 306 g/mol. The zero-order chi connectivity index (χ0) is 15.4. The number of nitriles is 1. The summed E-state index contributed by atoms with van der Waals surface area (Å²) in [6, 6.07) is 18.0. The van der Waals surface area contributed by atoms with E-state index in [4.69, 9.17) is 0 Å². The van der Waals surface area contributed by atoms with Gasteiger partial charge in [0.25, 0.3) is 0 Å². The maximum atomic E-state index is 13.8. The van der Waals surface area contributed by atoms with Gasteiger partial charge in [-0.15, -0.1) is 11.3 Å². The maximum absolute atomic E-state index is 13.8. The van der Waals surface area contributed by atoms with Gasteiger partial charge in [-0.05, 0) is 36.4 Å². The van der Waals surface area contributed by atoms with Gasteiger partial charge in [-0.1, -0.05) is 24.3 Å². The maximum Gasteiger partial charge on any atom is 0.131 e. The molecule has 22 heavy (non-hydrogen) atoms. The minimum atomic E-state index is -0.245. The summed E-state index contributed by atoms with van der Waals surface area (Å²) in [6.45, 7) is 0. The molecule has 0 spiro atoms. The zero-order valence-electron chi connectivity index (χ0n) is 11.5. The molecule has 0 unspecified atom stereocenters. The van der Waals surface area contributed by atoms with Gasteiger partial charge in [0, 0.05) is 21.5 Å². The van der Waals surface area contributed by atoms with Gasteiger partial charge in [-0.3, -0.25) is 4.98 Å². The highest BCUT2D eigenvalue weighted by Gasteiger charge is 2.08. The first-order valence-electron chi connectivity index (χ1n) is 6.66. The Bertz CT molecular complexity index is 860. The van der Waals surface area contributed by atoms with E-state index in [0.29, 0.717) is 16.8 Å². The van der Waals surface area contributed by atoms with Crippen LogP contribution in [-0.4, -0.2) is 4.98 Å². The van der Waals surface area contributed by atoms with Crippen LogP contribution in [0.25, 0.3) is 22.1 Å². The second-order valence-electron chi connectivity index (χ2n) is 4.57. The first-order chi connectivity index (χ1) is 10.8. The molecule has 2 nitrogen and oxygen atoms in total. The number of nitrogens with zero attached hydrogens (tertiary/aromatic N) is 2. The molecule has 0 saturated carbocycles. The molecule has 0 N–H and O–H groups in total. The van der Waals surface area contributed by atoms with Crippen LogP contribution in [0.5, 0.6) is 0 Å². The van der Waals surface area contributed by atoms with Crippen molar-refractivity contribution in [1.82, 2.24) is 4.98 Å². The van der Waals surface area contributed by atoms with Crippen LogP contribution in [-0.2, 0) is 0 Å². The number of halogens is 1. The monoisotopic (exact) mass is 306 g/mol. The van der Waals surface area contributed by atoms with Crippen LogP contribution < -0.4 is 0 Å².